The van der Waals surface area contributed by atoms with Crippen molar-refractivity contribution in [2.45, 2.75) is 4.90 Å². The largest absolute Gasteiger partial charge is 0.477 e. The first-order chi connectivity index (χ1) is 9.77. The van der Waals surface area contributed by atoms with Gasteiger partial charge < -0.3 is 10.4 Å². The van der Waals surface area contributed by atoms with Gasteiger partial charge in [0.05, 0.1) is 9.90 Å². The number of nitrogens with one attached hydrogen (secondary N) is 1. The fraction of sp³-hybridized carbons (Fsp3) is 0.0769. The van der Waals surface area contributed by atoms with Crippen molar-refractivity contribution in [3.05, 3.63) is 46.8 Å². The van der Waals surface area contributed by atoms with E-state index in [0.717, 1.165) is 17.6 Å². The fourth-order valence-corrected chi connectivity index (χ4v) is 2.93. The molecule has 1 aromatic carbocycles. The SMILES string of the molecule is CS(=O)(=O)c1ccc(C(=O)Nc2ccc(C(=O)O)s2)cc1. The smallest absolute Gasteiger partial charge is 0.345 e. The van der Waals surface area contributed by atoms with E-state index in [1.54, 1.807) is 0 Å². The van der Waals surface area contributed by atoms with Crippen molar-refractivity contribution in [2.24, 2.45) is 0 Å². The summed E-state index contributed by atoms with van der Waals surface area (Å²) in [7, 11) is -3.31. The predicted octanol–water partition coefficient (Wildman–Crippen LogP) is 2.10. The summed E-state index contributed by atoms with van der Waals surface area (Å²) in [6.45, 7) is 0. The van der Waals surface area contributed by atoms with Gasteiger partial charge in [-0.15, -0.1) is 11.3 Å². The second-order valence-corrected chi connectivity index (χ2v) is 7.32. The molecule has 0 saturated heterocycles. The summed E-state index contributed by atoms with van der Waals surface area (Å²) in [5, 5.41) is 11.8. The fourth-order valence-electron chi connectivity index (χ4n) is 1.56. The molecule has 2 rings (SSSR count). The minimum absolute atomic E-state index is 0.123. The molecule has 6 nitrogen and oxygen atoms in total. The van der Waals surface area contributed by atoms with Crippen LogP contribution in [0.4, 0.5) is 5.00 Å². The zero-order valence-corrected chi connectivity index (χ0v) is 12.5. The van der Waals surface area contributed by atoms with Gasteiger partial charge in [-0.25, -0.2) is 13.2 Å². The molecule has 1 aromatic heterocycles. The molecule has 0 atom stereocenters. The van der Waals surface area contributed by atoms with Gasteiger partial charge in [-0.1, -0.05) is 0 Å². The van der Waals surface area contributed by atoms with Crippen LogP contribution in [0.15, 0.2) is 41.3 Å². The van der Waals surface area contributed by atoms with Gasteiger partial charge in [0.2, 0.25) is 0 Å². The summed E-state index contributed by atoms with van der Waals surface area (Å²) < 4.78 is 22.6. The first-order valence-electron chi connectivity index (χ1n) is 5.72. The van der Waals surface area contributed by atoms with Crippen LogP contribution in [0.5, 0.6) is 0 Å². The summed E-state index contributed by atoms with van der Waals surface area (Å²) in [6, 6.07) is 8.39. The van der Waals surface area contributed by atoms with E-state index in [0.29, 0.717) is 5.00 Å². The Morgan fingerprint density at radius 3 is 2.19 bits per heavy atom. The molecule has 0 aliphatic heterocycles. The van der Waals surface area contributed by atoms with Gasteiger partial charge in [-0.05, 0) is 36.4 Å². The highest BCUT2D eigenvalue weighted by atomic mass is 32.2. The number of amides is 1. The second kappa shape index (κ2) is 5.66. The van der Waals surface area contributed by atoms with Crippen LogP contribution < -0.4 is 5.32 Å². The van der Waals surface area contributed by atoms with Gasteiger partial charge >= 0.3 is 5.97 Å². The number of carboxylic acids is 1. The number of carbonyl (C=O) groups is 2. The monoisotopic (exact) mass is 325 g/mol. The Bertz CT molecular complexity index is 790. The third kappa shape index (κ3) is 3.67. The molecule has 0 spiro atoms. The van der Waals surface area contributed by atoms with Crippen molar-refractivity contribution in [1.82, 2.24) is 0 Å². The van der Waals surface area contributed by atoms with Crippen molar-refractivity contribution >= 4 is 38.1 Å². The summed E-state index contributed by atoms with van der Waals surface area (Å²) >= 11 is 0.944. The first kappa shape index (κ1) is 15.2. The van der Waals surface area contributed by atoms with Crippen molar-refractivity contribution in [1.29, 1.82) is 0 Å². The Labute approximate surface area is 125 Å². The van der Waals surface area contributed by atoms with Gasteiger partial charge in [-0.2, -0.15) is 0 Å². The highest BCUT2D eigenvalue weighted by molar-refractivity contribution is 7.90. The number of hydrogen-bond acceptors (Lipinski definition) is 5. The van der Waals surface area contributed by atoms with Gasteiger partial charge in [0.25, 0.3) is 5.91 Å². The van der Waals surface area contributed by atoms with Crippen LogP contribution in [0.3, 0.4) is 0 Å². The molecule has 110 valence electrons. The van der Waals surface area contributed by atoms with Gasteiger partial charge in [-0.3, -0.25) is 4.79 Å². The van der Waals surface area contributed by atoms with E-state index >= 15 is 0 Å². The number of sulfone groups is 1. The Hall–Kier alpha value is -2.19. The number of hydrogen-bond donors (Lipinski definition) is 2. The number of carboxylic acid groups (broad SMARTS) is 1. The number of benzene rings is 1. The number of rotatable bonds is 4. The quantitative estimate of drug-likeness (QED) is 0.896. The number of thiophene rings is 1. The number of carbonyl (C=O) groups excluding carboxylic acids is 1. The highest BCUT2D eigenvalue weighted by Crippen LogP contribution is 2.22. The molecular formula is C13H11NO5S2. The summed E-state index contributed by atoms with van der Waals surface area (Å²) in [5.41, 5.74) is 0.285. The zero-order chi connectivity index (χ0) is 15.6. The van der Waals surface area contributed by atoms with E-state index in [9.17, 15) is 18.0 Å². The lowest BCUT2D eigenvalue weighted by Crippen LogP contribution is -2.11. The molecule has 0 aliphatic rings. The molecule has 0 unspecified atom stereocenters. The van der Waals surface area contributed by atoms with Gasteiger partial charge in [0.15, 0.2) is 9.84 Å². The average Bonchev–Trinajstić information content (AvgIpc) is 2.86. The van der Waals surface area contributed by atoms with E-state index < -0.39 is 21.7 Å². The summed E-state index contributed by atoms with van der Waals surface area (Å²) in [5.74, 6) is -1.49. The molecule has 1 amide bonds. The van der Waals surface area contributed by atoms with Crippen LogP contribution in [-0.4, -0.2) is 31.7 Å². The van der Waals surface area contributed by atoms with Crippen molar-refractivity contribution in [2.75, 3.05) is 11.6 Å². The summed E-state index contributed by atoms with van der Waals surface area (Å²) in [6.07, 6.45) is 1.08. The zero-order valence-electron chi connectivity index (χ0n) is 10.9. The molecule has 0 radical (unpaired) electrons. The van der Waals surface area contributed by atoms with Crippen LogP contribution in [0.1, 0.15) is 20.0 Å². The molecule has 1 heterocycles. The lowest BCUT2D eigenvalue weighted by Gasteiger charge is -2.03. The minimum Gasteiger partial charge on any atom is -0.477 e. The minimum atomic E-state index is -3.31. The topological polar surface area (TPSA) is 101 Å². The van der Waals surface area contributed by atoms with Crippen molar-refractivity contribution in [3.63, 3.8) is 0 Å². The molecule has 8 heteroatoms. The maximum absolute atomic E-state index is 12.0. The predicted molar refractivity (Wildman–Crippen MR) is 78.8 cm³/mol. The van der Waals surface area contributed by atoms with Gasteiger partial charge in [0, 0.05) is 11.8 Å². The molecular weight excluding hydrogens is 314 g/mol. The lowest BCUT2D eigenvalue weighted by molar-refractivity contribution is 0.0702. The third-order valence-corrected chi connectivity index (χ3v) is 4.72. The molecule has 0 saturated carbocycles. The maximum Gasteiger partial charge on any atom is 0.345 e. The Morgan fingerprint density at radius 2 is 1.71 bits per heavy atom. The van der Waals surface area contributed by atoms with Crippen LogP contribution in [0.25, 0.3) is 0 Å². The molecule has 2 aromatic rings. The summed E-state index contributed by atoms with van der Waals surface area (Å²) in [4.78, 5) is 22.9. The van der Waals surface area contributed by atoms with E-state index in [1.165, 1.54) is 36.4 Å². The number of aromatic carboxylic acids is 1. The average molecular weight is 325 g/mol. The van der Waals surface area contributed by atoms with Crippen LogP contribution in [0, 0.1) is 0 Å². The van der Waals surface area contributed by atoms with Crippen molar-refractivity contribution < 1.29 is 23.1 Å². The van der Waals surface area contributed by atoms with Gasteiger partial charge in [0.1, 0.15) is 4.88 Å². The van der Waals surface area contributed by atoms with Crippen LogP contribution in [-0.2, 0) is 9.84 Å². The van der Waals surface area contributed by atoms with Crippen LogP contribution >= 0.6 is 11.3 Å². The first-order valence-corrected chi connectivity index (χ1v) is 8.43. The standard InChI is InChI=1S/C13H11NO5S2/c1-21(18,19)9-4-2-8(3-5-9)12(15)14-11-7-6-10(20-11)13(16)17/h2-7H,1H3,(H,14,15)(H,16,17). The van der Waals surface area contributed by atoms with E-state index in [2.05, 4.69) is 5.32 Å². The van der Waals surface area contributed by atoms with Crippen molar-refractivity contribution in [3.8, 4) is 0 Å². The highest BCUT2D eigenvalue weighted by Gasteiger charge is 2.12. The molecule has 0 fully saturated rings. The second-order valence-electron chi connectivity index (χ2n) is 4.22. The Kier molecular flexibility index (Phi) is 4.10. The van der Waals surface area contributed by atoms with Crippen LogP contribution in [0.2, 0.25) is 0 Å². The molecule has 0 aliphatic carbocycles. The maximum atomic E-state index is 12.0. The Balaban J connectivity index is 2.14. The normalized spacial score (nSPS) is 11.1. The van der Waals surface area contributed by atoms with E-state index in [4.69, 9.17) is 5.11 Å². The van der Waals surface area contributed by atoms with E-state index in [-0.39, 0.29) is 15.3 Å². The lowest BCUT2D eigenvalue weighted by atomic mass is 10.2. The molecule has 21 heavy (non-hydrogen) atoms. The number of anilines is 1. The molecule has 2 N–H and O–H groups in total. The van der Waals surface area contributed by atoms with E-state index in [1.807, 2.05) is 0 Å². The third-order valence-electron chi connectivity index (χ3n) is 2.60. The Morgan fingerprint density at radius 1 is 1.10 bits per heavy atom. The molecule has 0 bridgehead atoms.